The second-order valence-electron chi connectivity index (χ2n) is 4.55. The number of hydrogen-bond donors (Lipinski definition) is 0. The van der Waals surface area contributed by atoms with Crippen LogP contribution < -0.4 is 0 Å². The Labute approximate surface area is 92.8 Å². The summed E-state index contributed by atoms with van der Waals surface area (Å²) in [6.45, 7) is 4.06. The van der Waals surface area contributed by atoms with Gasteiger partial charge in [0, 0.05) is 18.7 Å². The van der Waals surface area contributed by atoms with E-state index in [-0.39, 0.29) is 11.3 Å². The summed E-state index contributed by atoms with van der Waals surface area (Å²) in [6.07, 6.45) is 5.02. The van der Waals surface area contributed by atoms with Crippen LogP contribution in [0.15, 0.2) is 22.3 Å². The Balaban J connectivity index is 2.46. The minimum Gasteiger partial charge on any atom is -0.318 e. The molecule has 2 rings (SSSR count). The molecule has 0 aromatic heterocycles. The molecule has 1 amide bonds. The fraction of sp³-hybridized carbons (Fsp3) is 0.545. The predicted octanol–water partition coefficient (Wildman–Crippen LogP) is 2.67. The maximum atomic E-state index is 11.9. The van der Waals surface area contributed by atoms with Gasteiger partial charge in [-0.05, 0) is 17.0 Å². The summed E-state index contributed by atoms with van der Waals surface area (Å²) in [5, 5.41) is 0. The van der Waals surface area contributed by atoms with E-state index in [2.05, 4.69) is 15.9 Å². The summed E-state index contributed by atoms with van der Waals surface area (Å²) in [7, 11) is 1.86. The normalized spacial score (nSPS) is 29.9. The maximum absolute atomic E-state index is 11.9. The molecule has 1 atom stereocenters. The highest BCUT2D eigenvalue weighted by molar-refractivity contribution is 9.11. The Kier molecular flexibility index (Phi) is 2.11. The van der Waals surface area contributed by atoms with Gasteiger partial charge in [-0.2, -0.15) is 0 Å². The molecule has 1 saturated heterocycles. The molecule has 14 heavy (non-hydrogen) atoms. The van der Waals surface area contributed by atoms with Crippen molar-refractivity contribution < 1.29 is 4.79 Å². The number of carbonyl (C=O) groups is 1. The number of halogens is 1. The first-order valence-corrected chi connectivity index (χ1v) is 5.58. The van der Waals surface area contributed by atoms with Crippen molar-refractivity contribution in [3.8, 4) is 0 Å². The van der Waals surface area contributed by atoms with E-state index >= 15 is 0 Å². The van der Waals surface area contributed by atoms with E-state index in [1.165, 1.54) is 4.48 Å². The standard InChI is InChI=1S/C11H14BrNO/c1-11(2)8-6-7(12)4-5-9(8)13(3)10(11)14/h4-5,8H,6H2,1-3H3. The molecule has 0 N–H and O–H groups in total. The highest BCUT2D eigenvalue weighted by Crippen LogP contribution is 2.48. The zero-order valence-corrected chi connectivity index (χ0v) is 10.3. The maximum Gasteiger partial charge on any atom is 0.232 e. The van der Waals surface area contributed by atoms with Crippen LogP contribution in [0.5, 0.6) is 0 Å². The first kappa shape index (κ1) is 9.97. The summed E-state index contributed by atoms with van der Waals surface area (Å²) in [5.74, 6) is 0.559. The average Bonchev–Trinajstić information content (AvgIpc) is 2.29. The first-order valence-electron chi connectivity index (χ1n) is 4.79. The minimum absolute atomic E-state index is 0.226. The van der Waals surface area contributed by atoms with Gasteiger partial charge in [-0.25, -0.2) is 0 Å². The SMILES string of the molecule is CN1C(=O)C(C)(C)C2CC(Br)=CC=C21. The van der Waals surface area contributed by atoms with Crippen molar-refractivity contribution >= 4 is 21.8 Å². The number of likely N-dealkylation sites (tertiary alicyclic amines) is 1. The number of hydrogen-bond acceptors (Lipinski definition) is 1. The molecule has 0 aromatic rings. The molecule has 0 saturated carbocycles. The van der Waals surface area contributed by atoms with Gasteiger partial charge in [0.15, 0.2) is 0 Å². The fourth-order valence-electron chi connectivity index (χ4n) is 2.33. The van der Waals surface area contributed by atoms with Crippen LogP contribution in [0.25, 0.3) is 0 Å². The Hall–Kier alpha value is -0.570. The van der Waals surface area contributed by atoms with E-state index in [1.54, 1.807) is 4.90 Å². The van der Waals surface area contributed by atoms with Crippen LogP contribution in [0.1, 0.15) is 20.3 Å². The number of allylic oxidation sites excluding steroid dienone is 4. The number of amides is 1. The van der Waals surface area contributed by atoms with Crippen LogP contribution in [0.2, 0.25) is 0 Å². The minimum atomic E-state index is -0.256. The molecule has 0 aromatic carbocycles. The molecular formula is C11H14BrNO. The average molecular weight is 256 g/mol. The zero-order chi connectivity index (χ0) is 10.5. The molecule has 2 nitrogen and oxygen atoms in total. The van der Waals surface area contributed by atoms with Gasteiger partial charge in [0.2, 0.25) is 5.91 Å². The highest BCUT2D eigenvalue weighted by atomic mass is 79.9. The summed E-state index contributed by atoms with van der Waals surface area (Å²) in [6, 6.07) is 0. The Morgan fingerprint density at radius 3 is 2.79 bits per heavy atom. The summed E-state index contributed by atoms with van der Waals surface area (Å²) >= 11 is 3.50. The Morgan fingerprint density at radius 2 is 2.14 bits per heavy atom. The summed E-state index contributed by atoms with van der Waals surface area (Å²) < 4.78 is 1.18. The lowest BCUT2D eigenvalue weighted by Crippen LogP contribution is -2.29. The largest absolute Gasteiger partial charge is 0.318 e. The molecule has 1 aliphatic heterocycles. The fourth-order valence-corrected chi connectivity index (χ4v) is 2.78. The molecule has 76 valence electrons. The first-order chi connectivity index (χ1) is 6.44. The van der Waals surface area contributed by atoms with Crippen molar-refractivity contribution in [2.24, 2.45) is 11.3 Å². The molecule has 0 radical (unpaired) electrons. The smallest absolute Gasteiger partial charge is 0.232 e. The predicted molar refractivity (Wildman–Crippen MR) is 59.8 cm³/mol. The van der Waals surface area contributed by atoms with Crippen LogP contribution in [0.4, 0.5) is 0 Å². The third-order valence-electron chi connectivity index (χ3n) is 3.31. The van der Waals surface area contributed by atoms with Crippen LogP contribution in [0.3, 0.4) is 0 Å². The van der Waals surface area contributed by atoms with Crippen LogP contribution in [0, 0.1) is 11.3 Å². The molecular weight excluding hydrogens is 242 g/mol. The third-order valence-corrected chi connectivity index (χ3v) is 3.89. The molecule has 0 spiro atoms. The molecule has 1 aliphatic carbocycles. The summed E-state index contributed by atoms with van der Waals surface area (Å²) in [4.78, 5) is 13.7. The number of nitrogens with zero attached hydrogens (tertiary/aromatic N) is 1. The number of fused-ring (bicyclic) bond motifs is 1. The van der Waals surface area contributed by atoms with Gasteiger partial charge in [-0.15, -0.1) is 0 Å². The molecule has 1 unspecified atom stereocenters. The molecule has 1 heterocycles. The van der Waals surface area contributed by atoms with Crippen LogP contribution in [-0.2, 0) is 4.79 Å². The van der Waals surface area contributed by atoms with Gasteiger partial charge >= 0.3 is 0 Å². The number of carbonyl (C=O) groups excluding carboxylic acids is 1. The van der Waals surface area contributed by atoms with Gasteiger partial charge in [0.25, 0.3) is 0 Å². The van der Waals surface area contributed by atoms with Crippen molar-refractivity contribution in [1.29, 1.82) is 0 Å². The van der Waals surface area contributed by atoms with E-state index in [9.17, 15) is 4.79 Å². The van der Waals surface area contributed by atoms with Crippen molar-refractivity contribution in [2.45, 2.75) is 20.3 Å². The van der Waals surface area contributed by atoms with Gasteiger partial charge in [0.1, 0.15) is 0 Å². The van der Waals surface area contributed by atoms with Crippen LogP contribution in [-0.4, -0.2) is 17.9 Å². The summed E-state index contributed by atoms with van der Waals surface area (Å²) in [5.41, 5.74) is 0.900. The Bertz CT molecular complexity index is 354. The van der Waals surface area contributed by atoms with Crippen molar-refractivity contribution in [3.05, 3.63) is 22.3 Å². The van der Waals surface area contributed by atoms with E-state index in [4.69, 9.17) is 0 Å². The van der Waals surface area contributed by atoms with E-state index in [0.29, 0.717) is 5.92 Å². The van der Waals surface area contributed by atoms with E-state index in [1.807, 2.05) is 33.0 Å². The quantitative estimate of drug-likeness (QED) is 0.652. The monoisotopic (exact) mass is 255 g/mol. The molecule has 0 bridgehead atoms. The lowest BCUT2D eigenvalue weighted by atomic mass is 9.77. The molecule has 1 fully saturated rings. The van der Waals surface area contributed by atoms with Crippen LogP contribution >= 0.6 is 15.9 Å². The Morgan fingerprint density at radius 1 is 1.50 bits per heavy atom. The molecule has 2 aliphatic rings. The molecule has 3 heteroatoms. The second-order valence-corrected chi connectivity index (χ2v) is 5.57. The van der Waals surface area contributed by atoms with E-state index in [0.717, 1.165) is 12.1 Å². The lowest BCUT2D eigenvalue weighted by Gasteiger charge is -2.25. The van der Waals surface area contributed by atoms with Gasteiger partial charge in [0.05, 0.1) is 5.41 Å². The van der Waals surface area contributed by atoms with Gasteiger partial charge in [-0.1, -0.05) is 35.9 Å². The van der Waals surface area contributed by atoms with Gasteiger partial charge in [-0.3, -0.25) is 4.79 Å². The van der Waals surface area contributed by atoms with Crippen molar-refractivity contribution in [3.63, 3.8) is 0 Å². The lowest BCUT2D eigenvalue weighted by molar-refractivity contribution is -0.133. The second kappa shape index (κ2) is 2.96. The van der Waals surface area contributed by atoms with Crippen molar-refractivity contribution in [1.82, 2.24) is 4.90 Å². The van der Waals surface area contributed by atoms with Gasteiger partial charge < -0.3 is 4.90 Å². The highest BCUT2D eigenvalue weighted by Gasteiger charge is 2.49. The van der Waals surface area contributed by atoms with E-state index < -0.39 is 0 Å². The van der Waals surface area contributed by atoms with Crippen molar-refractivity contribution in [2.75, 3.05) is 7.05 Å². The number of rotatable bonds is 0. The third kappa shape index (κ3) is 1.18. The zero-order valence-electron chi connectivity index (χ0n) is 8.67. The topological polar surface area (TPSA) is 20.3 Å².